The van der Waals surface area contributed by atoms with Crippen LogP contribution in [-0.2, 0) is 16.1 Å². The van der Waals surface area contributed by atoms with Crippen LogP contribution in [0.3, 0.4) is 0 Å². The number of benzene rings is 2. The van der Waals surface area contributed by atoms with E-state index >= 15 is 0 Å². The fourth-order valence-corrected chi connectivity index (χ4v) is 7.22. The number of carbonyl (C=O) groups is 2. The van der Waals surface area contributed by atoms with Crippen molar-refractivity contribution in [3.05, 3.63) is 77.8 Å². The predicted molar refractivity (Wildman–Crippen MR) is 180 cm³/mol. The molecule has 2 N–H and O–H groups in total. The Bertz CT molecular complexity index is 2150. The van der Waals surface area contributed by atoms with Gasteiger partial charge in [0.1, 0.15) is 58.7 Å². The minimum Gasteiger partial charge on any atom is -0.489 e. The molecule has 1 saturated heterocycles. The van der Waals surface area contributed by atoms with E-state index in [4.69, 9.17) is 14.5 Å². The number of aryl methyl sites for hydroxylation is 1. The van der Waals surface area contributed by atoms with Crippen LogP contribution in [0.5, 0.6) is 5.75 Å². The zero-order valence-electron chi connectivity index (χ0n) is 27.7. The molecule has 1 fully saturated rings. The zero-order valence-corrected chi connectivity index (χ0v) is 27.7. The Labute approximate surface area is 285 Å². The second-order valence-electron chi connectivity index (χ2n) is 12.8. The van der Waals surface area contributed by atoms with Crippen LogP contribution in [0.4, 0.5) is 20.4 Å². The van der Waals surface area contributed by atoms with E-state index in [9.17, 15) is 18.4 Å². The van der Waals surface area contributed by atoms with Crippen LogP contribution >= 0.6 is 0 Å². The summed E-state index contributed by atoms with van der Waals surface area (Å²) < 4.78 is 44.1. The first-order valence-corrected chi connectivity index (χ1v) is 16.4. The van der Waals surface area contributed by atoms with Crippen molar-refractivity contribution in [2.24, 2.45) is 0 Å². The lowest BCUT2D eigenvalue weighted by atomic mass is 10.1. The Hall–Kier alpha value is -5.57. The fraction of sp³-hybridized carbons (Fsp3) is 0.343. The molecule has 2 amide bonds. The van der Waals surface area contributed by atoms with Gasteiger partial charge in [0.25, 0.3) is 5.91 Å². The average Bonchev–Trinajstić information content (AvgIpc) is 3.79. The van der Waals surface area contributed by atoms with Crippen molar-refractivity contribution in [1.29, 1.82) is 0 Å². The number of likely N-dealkylation sites (N-methyl/N-ethyl adjacent to an activating group) is 1. The van der Waals surface area contributed by atoms with Crippen molar-refractivity contribution in [3.8, 4) is 22.7 Å². The van der Waals surface area contributed by atoms with Crippen molar-refractivity contribution in [2.75, 3.05) is 51.0 Å². The molecule has 3 aliphatic heterocycles. The van der Waals surface area contributed by atoms with Gasteiger partial charge in [0, 0.05) is 51.0 Å². The first kappa shape index (κ1) is 31.7. The summed E-state index contributed by atoms with van der Waals surface area (Å²) in [5.74, 6) is 0.417. The summed E-state index contributed by atoms with van der Waals surface area (Å²) in [5, 5.41) is 11.1. The standard InChI is InChI=1S/C35H35F2N9O4/c1-19-40-27-12-21(37)11-24-26-5-4-6-31(42-26)41-22-14-29(35(48)43(2)17-23(49-3)18-44(19)32(24)27)45(16-22)34(47)25-15-39-46-28-8-7-20(36)13-30(28)50-10-9-38-33(25)46/h4-8,11-13,15,22-23,29,38H,9-10,14,16-18H2,1-3H3,(H,41,42)/t22-,23-,29-/m0/s1. The van der Waals surface area contributed by atoms with Crippen LogP contribution in [0, 0.1) is 18.6 Å². The number of pyridine rings is 1. The van der Waals surface area contributed by atoms with Gasteiger partial charge in [-0.05, 0) is 43.7 Å². The van der Waals surface area contributed by atoms with Crippen LogP contribution < -0.4 is 15.4 Å². The Morgan fingerprint density at radius 2 is 1.92 bits per heavy atom. The Morgan fingerprint density at radius 3 is 2.76 bits per heavy atom. The van der Waals surface area contributed by atoms with E-state index in [1.807, 2.05) is 29.7 Å². The normalized spacial score (nSPS) is 20.4. The molecule has 258 valence electrons. The maximum absolute atomic E-state index is 14.9. The van der Waals surface area contributed by atoms with Gasteiger partial charge in [-0.1, -0.05) is 6.07 Å². The Balaban J connectivity index is 1.19. The Kier molecular flexibility index (Phi) is 7.85. The quantitative estimate of drug-likeness (QED) is 0.285. The van der Waals surface area contributed by atoms with Crippen LogP contribution in [0.25, 0.3) is 28.0 Å². The third-order valence-electron chi connectivity index (χ3n) is 9.60. The lowest BCUT2D eigenvalue weighted by molar-refractivity contribution is -0.135. The monoisotopic (exact) mass is 683 g/mol. The molecule has 6 heterocycles. The van der Waals surface area contributed by atoms with Crippen LogP contribution in [-0.4, -0.2) is 105 Å². The van der Waals surface area contributed by atoms with E-state index in [2.05, 4.69) is 20.7 Å². The number of rotatable bonds is 2. The fourth-order valence-electron chi connectivity index (χ4n) is 7.22. The number of imidazole rings is 1. The maximum Gasteiger partial charge on any atom is 0.260 e. The van der Waals surface area contributed by atoms with Crippen molar-refractivity contribution in [2.45, 2.75) is 38.1 Å². The summed E-state index contributed by atoms with van der Waals surface area (Å²) in [5.41, 5.74) is 3.10. The summed E-state index contributed by atoms with van der Waals surface area (Å²) in [6.07, 6.45) is 1.32. The minimum absolute atomic E-state index is 0.203. The molecule has 8 rings (SSSR count). The number of hydrogen-bond acceptors (Lipinski definition) is 9. The highest BCUT2D eigenvalue weighted by Gasteiger charge is 2.43. The van der Waals surface area contributed by atoms with Gasteiger partial charge in [-0.25, -0.2) is 23.4 Å². The lowest BCUT2D eigenvalue weighted by Crippen LogP contribution is -2.49. The first-order chi connectivity index (χ1) is 24.2. The molecule has 4 bridgehead atoms. The van der Waals surface area contributed by atoms with Gasteiger partial charge in [0.2, 0.25) is 5.91 Å². The van der Waals surface area contributed by atoms with Gasteiger partial charge in [-0.2, -0.15) is 5.10 Å². The lowest BCUT2D eigenvalue weighted by Gasteiger charge is -2.30. The molecule has 3 atom stereocenters. The van der Waals surface area contributed by atoms with E-state index in [-0.39, 0.29) is 43.1 Å². The van der Waals surface area contributed by atoms with Crippen LogP contribution in [0.15, 0.2) is 54.7 Å². The second kappa shape index (κ2) is 12.4. The van der Waals surface area contributed by atoms with Gasteiger partial charge in [-0.3, -0.25) is 9.59 Å². The molecule has 50 heavy (non-hydrogen) atoms. The molecule has 0 saturated carbocycles. The van der Waals surface area contributed by atoms with Crippen LogP contribution in [0.2, 0.25) is 0 Å². The van der Waals surface area contributed by atoms with Gasteiger partial charge < -0.3 is 34.5 Å². The number of likely N-dealkylation sites (tertiary alicyclic amines) is 1. The summed E-state index contributed by atoms with van der Waals surface area (Å²) >= 11 is 0. The first-order valence-electron chi connectivity index (χ1n) is 16.4. The molecule has 0 aliphatic carbocycles. The summed E-state index contributed by atoms with van der Waals surface area (Å²) in [6.45, 7) is 3.20. The number of anilines is 2. The van der Waals surface area contributed by atoms with Crippen molar-refractivity contribution < 1.29 is 27.8 Å². The highest BCUT2D eigenvalue weighted by atomic mass is 19.1. The predicted octanol–water partition coefficient (Wildman–Crippen LogP) is 3.86. The second-order valence-corrected chi connectivity index (χ2v) is 12.8. The molecule has 13 nitrogen and oxygen atoms in total. The van der Waals surface area contributed by atoms with E-state index in [1.165, 1.54) is 35.1 Å². The topological polar surface area (TPSA) is 132 Å². The van der Waals surface area contributed by atoms with E-state index in [0.717, 1.165) is 5.52 Å². The van der Waals surface area contributed by atoms with Crippen molar-refractivity contribution >= 4 is 34.5 Å². The SMILES string of the molecule is CO[C@H]1CN(C)C(=O)[C@@H]2C[C@@H](CN2C(=O)c2cnn3c2NCCOc2cc(F)ccc2-3)Nc2cccc(n2)-c2cc(F)cc3nc(C)n(c23)C1. The van der Waals surface area contributed by atoms with E-state index in [1.54, 1.807) is 30.0 Å². The summed E-state index contributed by atoms with van der Waals surface area (Å²) in [4.78, 5) is 41.4. The molecule has 2 aromatic carbocycles. The number of hydrogen-bond donors (Lipinski definition) is 2. The van der Waals surface area contributed by atoms with Gasteiger partial charge >= 0.3 is 0 Å². The average molecular weight is 684 g/mol. The highest BCUT2D eigenvalue weighted by molar-refractivity contribution is 6.02. The molecule has 0 spiro atoms. The van der Waals surface area contributed by atoms with Gasteiger partial charge in [0.05, 0.1) is 42.1 Å². The summed E-state index contributed by atoms with van der Waals surface area (Å²) in [6, 6.07) is 11.3. The van der Waals surface area contributed by atoms with Crippen molar-refractivity contribution in [3.63, 3.8) is 0 Å². The zero-order chi connectivity index (χ0) is 34.7. The Morgan fingerprint density at radius 1 is 1.06 bits per heavy atom. The third-order valence-corrected chi connectivity index (χ3v) is 9.60. The van der Waals surface area contributed by atoms with Gasteiger partial charge in [-0.15, -0.1) is 0 Å². The minimum atomic E-state index is -0.808. The largest absolute Gasteiger partial charge is 0.489 e. The number of fused-ring (bicyclic) bond motifs is 8. The van der Waals surface area contributed by atoms with Crippen molar-refractivity contribution in [1.82, 2.24) is 34.1 Å². The number of carbonyl (C=O) groups excluding carboxylic acids is 2. The number of aromatic nitrogens is 5. The number of amides is 2. The number of ether oxygens (including phenoxy) is 2. The molecule has 0 radical (unpaired) electrons. The molecular formula is C35H35F2N9O4. The third kappa shape index (κ3) is 5.47. The molecule has 15 heteroatoms. The molecule has 5 aromatic rings. The molecular weight excluding hydrogens is 648 g/mol. The molecule has 3 aromatic heterocycles. The number of halogens is 2. The molecule has 0 unspecified atom stereocenters. The maximum atomic E-state index is 14.9. The summed E-state index contributed by atoms with van der Waals surface area (Å²) in [7, 11) is 3.29. The molecule has 3 aliphatic rings. The van der Waals surface area contributed by atoms with E-state index < -0.39 is 23.8 Å². The van der Waals surface area contributed by atoms with Gasteiger partial charge in [0.15, 0.2) is 0 Å². The highest BCUT2D eigenvalue weighted by Crippen LogP contribution is 2.34. The van der Waals surface area contributed by atoms with Crippen LogP contribution in [0.1, 0.15) is 22.6 Å². The number of nitrogens with zero attached hydrogens (tertiary/aromatic N) is 7. The number of nitrogens with one attached hydrogen (secondary N) is 2. The smallest absolute Gasteiger partial charge is 0.260 e. The van der Waals surface area contributed by atoms with E-state index in [0.29, 0.717) is 65.2 Å². The number of methoxy groups -OCH3 is 1.